The van der Waals surface area contributed by atoms with Gasteiger partial charge in [-0.2, -0.15) is 0 Å². The molecule has 10 heteroatoms. The number of aliphatic hydroxyl groups is 1. The van der Waals surface area contributed by atoms with Crippen LogP contribution in [0.4, 0.5) is 11.4 Å². The first-order chi connectivity index (χ1) is 14.7. The third-order valence-corrected chi connectivity index (χ3v) is 5.37. The predicted octanol–water partition coefficient (Wildman–Crippen LogP) is 2.42. The molecule has 1 heterocycles. The number of hydrogen-bond donors (Lipinski definition) is 4. The number of carbonyl (C=O) groups is 1. The lowest BCUT2D eigenvalue weighted by molar-refractivity contribution is 0.0690. The molecule has 2 aromatic carbocycles. The Hall–Kier alpha value is -3.24. The first kappa shape index (κ1) is 22.4. The van der Waals surface area contributed by atoms with E-state index in [4.69, 9.17) is 4.74 Å². The van der Waals surface area contributed by atoms with Crippen molar-refractivity contribution in [3.63, 3.8) is 0 Å². The number of aromatic nitrogens is 1. The minimum Gasteiger partial charge on any atom is -0.492 e. The smallest absolute Gasteiger partial charge is 0.352 e. The zero-order valence-electron chi connectivity index (χ0n) is 17.3. The summed E-state index contributed by atoms with van der Waals surface area (Å²) in [5, 5.41) is 19.5. The summed E-state index contributed by atoms with van der Waals surface area (Å²) in [6.07, 6.45) is 1.08. The highest BCUT2D eigenvalue weighted by molar-refractivity contribution is 7.92. The number of carboxylic acid groups (broad SMARTS) is 1. The number of hydrogen-bond acceptors (Lipinski definition) is 6. The van der Waals surface area contributed by atoms with Gasteiger partial charge in [0.15, 0.2) is 0 Å². The fourth-order valence-corrected chi connectivity index (χ4v) is 3.96. The molecule has 9 nitrogen and oxygen atoms in total. The van der Waals surface area contributed by atoms with Crippen molar-refractivity contribution in [1.82, 2.24) is 4.98 Å². The fraction of sp³-hybridized carbons (Fsp3) is 0.286. The van der Waals surface area contributed by atoms with Gasteiger partial charge in [0.25, 0.3) is 0 Å². The lowest BCUT2D eigenvalue weighted by atomic mass is 10.1. The molecule has 4 N–H and O–H groups in total. The summed E-state index contributed by atoms with van der Waals surface area (Å²) in [6, 6.07) is 12.2. The number of fused-ring (bicyclic) bond motifs is 1. The molecular weight excluding hydrogens is 422 g/mol. The van der Waals surface area contributed by atoms with Gasteiger partial charge in [0, 0.05) is 17.4 Å². The van der Waals surface area contributed by atoms with E-state index in [0.717, 1.165) is 11.6 Å². The molecule has 0 unspecified atom stereocenters. The van der Waals surface area contributed by atoms with Crippen molar-refractivity contribution in [1.29, 1.82) is 0 Å². The fourth-order valence-electron chi connectivity index (χ4n) is 3.39. The molecule has 0 fully saturated rings. The third kappa shape index (κ3) is 5.47. The minimum atomic E-state index is -3.46. The Bertz CT molecular complexity index is 1190. The minimum absolute atomic E-state index is 0.111. The molecule has 31 heavy (non-hydrogen) atoms. The van der Waals surface area contributed by atoms with E-state index in [1.807, 2.05) is 4.90 Å². The van der Waals surface area contributed by atoms with E-state index in [-0.39, 0.29) is 18.9 Å². The largest absolute Gasteiger partial charge is 0.492 e. The summed E-state index contributed by atoms with van der Waals surface area (Å²) >= 11 is 0. The van der Waals surface area contributed by atoms with Gasteiger partial charge < -0.3 is 24.8 Å². The molecule has 3 aromatic rings. The Kier molecular flexibility index (Phi) is 6.71. The lowest BCUT2D eigenvalue weighted by Crippen LogP contribution is -2.32. The third-order valence-electron chi connectivity index (χ3n) is 4.78. The van der Waals surface area contributed by atoms with Crippen molar-refractivity contribution < 1.29 is 28.2 Å². The molecule has 0 atom stereocenters. The summed E-state index contributed by atoms with van der Waals surface area (Å²) in [5.41, 5.74) is 2.55. The molecule has 3 rings (SSSR count). The van der Waals surface area contributed by atoms with Crippen molar-refractivity contribution in [2.75, 3.05) is 42.2 Å². The van der Waals surface area contributed by atoms with Crippen LogP contribution in [0, 0.1) is 6.92 Å². The van der Waals surface area contributed by atoms with E-state index in [2.05, 4.69) is 9.71 Å². The van der Waals surface area contributed by atoms with Crippen LogP contribution in [0.3, 0.4) is 0 Å². The number of aromatic amines is 1. The molecule has 0 spiro atoms. The zero-order chi connectivity index (χ0) is 22.6. The van der Waals surface area contributed by atoms with E-state index < -0.39 is 16.0 Å². The second-order valence-corrected chi connectivity index (χ2v) is 8.84. The number of para-hydroxylation sites is 2. The number of carboxylic acids is 1. The SMILES string of the molecule is Cc1c(C(=O)O)[nH]c2ccc(OCCN(CCO)c3ccccc3NS(C)(=O)=O)cc12. The number of rotatable bonds is 10. The van der Waals surface area contributed by atoms with Crippen molar-refractivity contribution in [3.05, 3.63) is 53.7 Å². The van der Waals surface area contributed by atoms with E-state index in [9.17, 15) is 23.4 Å². The summed E-state index contributed by atoms with van der Waals surface area (Å²) in [5.74, 6) is -0.435. The monoisotopic (exact) mass is 447 g/mol. The van der Waals surface area contributed by atoms with Crippen LogP contribution in [0.2, 0.25) is 0 Å². The highest BCUT2D eigenvalue weighted by Crippen LogP contribution is 2.28. The van der Waals surface area contributed by atoms with Crippen LogP contribution in [0.15, 0.2) is 42.5 Å². The quantitative estimate of drug-likeness (QED) is 0.375. The summed E-state index contributed by atoms with van der Waals surface area (Å²) < 4.78 is 31.7. The van der Waals surface area contributed by atoms with Gasteiger partial charge in [0.2, 0.25) is 10.0 Å². The Morgan fingerprint density at radius 2 is 1.94 bits per heavy atom. The maximum atomic E-state index is 11.7. The molecule has 0 amide bonds. The molecule has 0 aliphatic rings. The Labute approximate surface area is 180 Å². The Balaban J connectivity index is 1.75. The van der Waals surface area contributed by atoms with Gasteiger partial charge in [-0.15, -0.1) is 0 Å². The molecule has 0 aliphatic carbocycles. The summed E-state index contributed by atoms with van der Waals surface area (Å²) in [6.45, 7) is 2.59. The maximum Gasteiger partial charge on any atom is 0.352 e. The first-order valence-electron chi connectivity index (χ1n) is 9.60. The molecule has 1 aromatic heterocycles. The van der Waals surface area contributed by atoms with E-state index >= 15 is 0 Å². The number of nitrogens with zero attached hydrogens (tertiary/aromatic N) is 1. The van der Waals surface area contributed by atoms with Crippen LogP contribution in [-0.4, -0.2) is 62.1 Å². The van der Waals surface area contributed by atoms with Crippen LogP contribution in [0.5, 0.6) is 5.75 Å². The molecule has 0 radical (unpaired) electrons. The number of nitrogens with one attached hydrogen (secondary N) is 2. The number of aromatic carboxylic acids is 1. The molecule has 0 aliphatic heterocycles. The Morgan fingerprint density at radius 3 is 2.61 bits per heavy atom. The van der Waals surface area contributed by atoms with Gasteiger partial charge >= 0.3 is 5.97 Å². The lowest BCUT2D eigenvalue weighted by Gasteiger charge is -2.26. The summed E-state index contributed by atoms with van der Waals surface area (Å²) in [4.78, 5) is 16.0. The molecule has 0 bridgehead atoms. The molecule has 0 saturated carbocycles. The standard InChI is InChI=1S/C21H25N3O6S/c1-14-16-13-15(7-8-17(16)22-20(14)21(26)27)30-12-10-24(9-11-25)19-6-4-3-5-18(19)23-31(2,28)29/h3-8,13,22-23,25H,9-12H2,1-2H3,(H,26,27). The van der Waals surface area contributed by atoms with Crippen molar-refractivity contribution in [2.45, 2.75) is 6.92 Å². The van der Waals surface area contributed by atoms with E-state index in [1.54, 1.807) is 49.4 Å². The van der Waals surface area contributed by atoms with Gasteiger partial charge in [-0.05, 0) is 42.8 Å². The number of ether oxygens (including phenoxy) is 1. The number of aryl methyl sites for hydroxylation is 1. The second kappa shape index (κ2) is 9.27. The number of anilines is 2. The van der Waals surface area contributed by atoms with Crippen molar-refractivity contribution in [3.8, 4) is 5.75 Å². The Morgan fingerprint density at radius 1 is 1.19 bits per heavy atom. The van der Waals surface area contributed by atoms with Gasteiger partial charge in [-0.1, -0.05) is 12.1 Å². The van der Waals surface area contributed by atoms with Crippen LogP contribution in [0.1, 0.15) is 16.1 Å². The number of benzene rings is 2. The van der Waals surface area contributed by atoms with Gasteiger partial charge in [0.1, 0.15) is 18.1 Å². The molecule has 0 saturated heterocycles. The second-order valence-electron chi connectivity index (χ2n) is 7.09. The van der Waals surface area contributed by atoms with E-state index in [0.29, 0.717) is 41.3 Å². The highest BCUT2D eigenvalue weighted by atomic mass is 32.2. The summed E-state index contributed by atoms with van der Waals surface area (Å²) in [7, 11) is -3.46. The van der Waals surface area contributed by atoms with Crippen LogP contribution >= 0.6 is 0 Å². The predicted molar refractivity (Wildman–Crippen MR) is 120 cm³/mol. The van der Waals surface area contributed by atoms with Gasteiger partial charge in [0.05, 0.1) is 30.8 Å². The topological polar surface area (TPSA) is 132 Å². The van der Waals surface area contributed by atoms with Crippen LogP contribution in [0.25, 0.3) is 10.9 Å². The zero-order valence-corrected chi connectivity index (χ0v) is 18.1. The first-order valence-corrected chi connectivity index (χ1v) is 11.5. The average molecular weight is 448 g/mol. The van der Waals surface area contributed by atoms with Crippen LogP contribution < -0.4 is 14.4 Å². The van der Waals surface area contributed by atoms with Gasteiger partial charge in [-0.25, -0.2) is 13.2 Å². The van der Waals surface area contributed by atoms with E-state index in [1.165, 1.54) is 0 Å². The molecular formula is C21H25N3O6S. The van der Waals surface area contributed by atoms with Crippen LogP contribution in [-0.2, 0) is 10.0 Å². The normalized spacial score (nSPS) is 11.5. The number of H-pyrrole nitrogens is 1. The number of aliphatic hydroxyl groups excluding tert-OH is 1. The maximum absolute atomic E-state index is 11.7. The van der Waals surface area contributed by atoms with Gasteiger partial charge in [-0.3, -0.25) is 4.72 Å². The van der Waals surface area contributed by atoms with Crippen molar-refractivity contribution in [2.24, 2.45) is 0 Å². The number of sulfonamides is 1. The average Bonchev–Trinajstić information content (AvgIpc) is 3.03. The molecule has 166 valence electrons. The highest BCUT2D eigenvalue weighted by Gasteiger charge is 2.15. The van der Waals surface area contributed by atoms with Crippen molar-refractivity contribution >= 4 is 38.3 Å².